The molecule has 0 N–H and O–H groups in total. The largest absolute Gasteiger partial charge is 1.00 e. The summed E-state index contributed by atoms with van der Waals surface area (Å²) in [6, 6.07) is 6.01. The SMILES string of the molecule is CCCCCCc1cc(CCCCCC)cc(OC(C)(CC)S(=O)(=O)[O-])c1.[Na+]. The van der Waals surface area contributed by atoms with E-state index in [2.05, 4.69) is 19.9 Å². The molecular formula is C22H37NaO4S. The van der Waals surface area contributed by atoms with Crippen LogP contribution in [0.1, 0.15) is 96.6 Å². The van der Waals surface area contributed by atoms with Gasteiger partial charge in [-0.25, -0.2) is 8.42 Å². The Kier molecular flexibility index (Phi) is 14.0. The molecule has 0 heterocycles. The topological polar surface area (TPSA) is 66.4 Å². The number of aryl methyl sites for hydroxylation is 2. The maximum atomic E-state index is 11.7. The fraction of sp³-hybridized carbons (Fsp3) is 0.727. The van der Waals surface area contributed by atoms with E-state index in [9.17, 15) is 13.0 Å². The smallest absolute Gasteiger partial charge is 0.745 e. The molecule has 0 spiro atoms. The number of hydrogen-bond acceptors (Lipinski definition) is 4. The summed E-state index contributed by atoms with van der Waals surface area (Å²) >= 11 is 0. The first kappa shape index (κ1) is 27.9. The van der Waals surface area contributed by atoms with E-state index >= 15 is 0 Å². The molecule has 1 unspecified atom stereocenters. The first-order valence-corrected chi connectivity index (χ1v) is 11.9. The fourth-order valence-electron chi connectivity index (χ4n) is 3.14. The van der Waals surface area contributed by atoms with Gasteiger partial charge in [0.15, 0.2) is 4.93 Å². The molecule has 0 aromatic heterocycles. The molecule has 4 nitrogen and oxygen atoms in total. The Bertz CT molecular complexity index is 630. The standard InChI is InChI=1S/C22H38O4S.Na/c1-5-8-10-12-14-19-16-20(15-13-11-9-6-2)18-21(17-19)26-22(4,7-3)27(23,24)25;/h16-18H,5-15H2,1-4H3,(H,23,24,25);/q;+1/p-1. The normalized spacial score (nSPS) is 13.6. The number of unbranched alkanes of at least 4 members (excludes halogenated alkanes) is 6. The molecule has 1 atom stereocenters. The van der Waals surface area contributed by atoms with Crippen LogP contribution in [-0.4, -0.2) is 17.9 Å². The number of benzene rings is 1. The minimum absolute atomic E-state index is 0. The van der Waals surface area contributed by atoms with Crippen LogP contribution in [0.3, 0.4) is 0 Å². The molecule has 0 aliphatic carbocycles. The predicted molar refractivity (Wildman–Crippen MR) is 111 cm³/mol. The zero-order chi connectivity index (χ0) is 20.3. The van der Waals surface area contributed by atoms with Crippen LogP contribution in [0.2, 0.25) is 0 Å². The van der Waals surface area contributed by atoms with Gasteiger partial charge in [-0.05, 0) is 62.3 Å². The molecule has 1 aromatic rings. The van der Waals surface area contributed by atoms with E-state index in [-0.39, 0.29) is 36.0 Å². The van der Waals surface area contributed by atoms with Crippen LogP contribution in [0.5, 0.6) is 5.75 Å². The van der Waals surface area contributed by atoms with E-state index in [0.717, 1.165) is 36.8 Å². The number of ether oxygens (including phenoxy) is 1. The summed E-state index contributed by atoms with van der Waals surface area (Å²) in [6.45, 7) is 7.41. The first-order valence-electron chi connectivity index (χ1n) is 10.5. The van der Waals surface area contributed by atoms with Crippen molar-refractivity contribution in [3.63, 3.8) is 0 Å². The zero-order valence-corrected chi connectivity index (χ0v) is 21.4. The van der Waals surface area contributed by atoms with Gasteiger partial charge in [-0.2, -0.15) is 0 Å². The van der Waals surface area contributed by atoms with Crippen molar-refractivity contribution >= 4 is 10.1 Å². The summed E-state index contributed by atoms with van der Waals surface area (Å²) in [5, 5.41) is 0. The maximum absolute atomic E-state index is 11.7. The van der Waals surface area contributed by atoms with Gasteiger partial charge in [-0.15, -0.1) is 0 Å². The van der Waals surface area contributed by atoms with E-state index in [4.69, 9.17) is 4.74 Å². The molecule has 0 fully saturated rings. The van der Waals surface area contributed by atoms with Gasteiger partial charge in [-0.3, -0.25) is 0 Å². The first-order chi connectivity index (χ1) is 12.8. The molecule has 0 aliphatic heterocycles. The molecule has 156 valence electrons. The average Bonchev–Trinajstić information content (AvgIpc) is 2.61. The summed E-state index contributed by atoms with van der Waals surface area (Å²) in [7, 11) is -4.56. The van der Waals surface area contributed by atoms with Gasteiger partial charge >= 0.3 is 29.6 Å². The fourth-order valence-corrected chi connectivity index (χ4v) is 3.69. The summed E-state index contributed by atoms with van der Waals surface area (Å²) < 4.78 is 40.7. The van der Waals surface area contributed by atoms with Crippen molar-refractivity contribution in [1.82, 2.24) is 0 Å². The van der Waals surface area contributed by atoms with Gasteiger partial charge < -0.3 is 9.29 Å². The van der Waals surface area contributed by atoms with Crippen LogP contribution in [-0.2, 0) is 23.0 Å². The van der Waals surface area contributed by atoms with Crippen LogP contribution in [0.4, 0.5) is 0 Å². The minimum Gasteiger partial charge on any atom is -0.745 e. The monoisotopic (exact) mass is 420 g/mol. The van der Waals surface area contributed by atoms with Crippen molar-refractivity contribution in [2.75, 3.05) is 0 Å². The Morgan fingerprint density at radius 2 is 1.32 bits per heavy atom. The van der Waals surface area contributed by atoms with Gasteiger partial charge in [0.05, 0.1) is 0 Å². The van der Waals surface area contributed by atoms with E-state index in [0.29, 0.717) is 5.75 Å². The summed E-state index contributed by atoms with van der Waals surface area (Å²) in [5.41, 5.74) is 2.33. The molecule has 1 rings (SSSR count). The summed E-state index contributed by atoms with van der Waals surface area (Å²) in [4.78, 5) is -1.73. The van der Waals surface area contributed by atoms with E-state index < -0.39 is 15.1 Å². The van der Waals surface area contributed by atoms with Crippen LogP contribution < -0.4 is 34.3 Å². The molecule has 0 saturated heterocycles. The van der Waals surface area contributed by atoms with E-state index in [1.165, 1.54) is 45.4 Å². The second-order valence-corrected chi connectivity index (χ2v) is 9.42. The third-order valence-electron chi connectivity index (χ3n) is 5.17. The Labute approximate surface area is 194 Å². The Balaban J connectivity index is 0.00000729. The van der Waals surface area contributed by atoms with Crippen LogP contribution in [0.15, 0.2) is 18.2 Å². The van der Waals surface area contributed by atoms with Crippen LogP contribution >= 0.6 is 0 Å². The summed E-state index contributed by atoms with van der Waals surface area (Å²) in [6.07, 6.45) is 11.5. The molecule has 0 radical (unpaired) electrons. The third kappa shape index (κ3) is 9.62. The minimum atomic E-state index is -4.56. The molecule has 1 aromatic carbocycles. The third-order valence-corrected chi connectivity index (χ3v) is 6.60. The number of hydrogen-bond donors (Lipinski definition) is 0. The van der Waals surface area contributed by atoms with Gasteiger partial charge in [0.2, 0.25) is 0 Å². The van der Waals surface area contributed by atoms with Crippen molar-refractivity contribution in [1.29, 1.82) is 0 Å². The van der Waals surface area contributed by atoms with Gasteiger partial charge in [0.1, 0.15) is 15.9 Å². The zero-order valence-electron chi connectivity index (χ0n) is 18.6. The second-order valence-electron chi connectivity index (χ2n) is 7.65. The van der Waals surface area contributed by atoms with Crippen LogP contribution in [0, 0.1) is 0 Å². The predicted octanol–water partition coefficient (Wildman–Crippen LogP) is 2.99. The van der Waals surface area contributed by atoms with Crippen molar-refractivity contribution in [3.05, 3.63) is 29.3 Å². The summed E-state index contributed by atoms with van der Waals surface area (Å²) in [5.74, 6) is 0.497. The molecule has 28 heavy (non-hydrogen) atoms. The van der Waals surface area contributed by atoms with Gasteiger partial charge in [0, 0.05) is 0 Å². The van der Waals surface area contributed by atoms with Crippen molar-refractivity contribution in [3.8, 4) is 5.75 Å². The second kappa shape index (κ2) is 14.0. The molecule has 6 heteroatoms. The van der Waals surface area contributed by atoms with E-state index in [1.54, 1.807) is 6.92 Å². The van der Waals surface area contributed by atoms with Crippen LogP contribution in [0.25, 0.3) is 0 Å². The van der Waals surface area contributed by atoms with Gasteiger partial charge in [-0.1, -0.05) is 65.4 Å². The molecule has 0 saturated carbocycles. The Morgan fingerprint density at radius 3 is 1.68 bits per heavy atom. The molecule has 0 bridgehead atoms. The van der Waals surface area contributed by atoms with Crippen molar-refractivity contribution in [2.45, 2.75) is 103 Å². The van der Waals surface area contributed by atoms with E-state index in [1.807, 2.05) is 12.1 Å². The molecular weight excluding hydrogens is 383 g/mol. The molecule has 0 amide bonds. The molecule has 0 aliphatic rings. The quantitative estimate of drug-likeness (QED) is 0.264. The van der Waals surface area contributed by atoms with Crippen molar-refractivity contribution < 1.29 is 47.3 Å². The Hall–Kier alpha value is -0.0700. The Morgan fingerprint density at radius 1 is 0.857 bits per heavy atom. The number of rotatable bonds is 14. The maximum Gasteiger partial charge on any atom is 1.00 e. The van der Waals surface area contributed by atoms with Crippen molar-refractivity contribution in [2.24, 2.45) is 0 Å². The average molecular weight is 421 g/mol. The van der Waals surface area contributed by atoms with Gasteiger partial charge in [0.25, 0.3) is 0 Å².